The molecule has 0 aromatic carbocycles. The summed E-state index contributed by atoms with van der Waals surface area (Å²) in [4.78, 5) is 25.5. The van der Waals surface area contributed by atoms with Gasteiger partial charge in [0.25, 0.3) is 0 Å². The van der Waals surface area contributed by atoms with Crippen molar-refractivity contribution in [2.75, 3.05) is 13.7 Å². The number of ether oxygens (including phenoxy) is 1. The number of carboxylic acid groups (broad SMARTS) is 1. The van der Waals surface area contributed by atoms with E-state index in [4.69, 9.17) is 4.74 Å². The molecule has 1 aliphatic carbocycles. The normalized spacial score (nSPS) is 28.9. The molecule has 0 spiro atoms. The maximum atomic E-state index is 12.3. The van der Waals surface area contributed by atoms with Gasteiger partial charge in [0.05, 0.1) is 12.1 Å². The molecule has 1 heterocycles. The fraction of sp³-hybridized carbons (Fsp3) is 0.857. The second-order valence-electron chi connectivity index (χ2n) is 5.92. The van der Waals surface area contributed by atoms with E-state index in [-0.39, 0.29) is 18.2 Å². The third-order valence-corrected chi connectivity index (χ3v) is 4.62. The molecule has 2 N–H and O–H groups in total. The van der Waals surface area contributed by atoms with E-state index in [1.165, 1.54) is 0 Å². The predicted octanol–water partition coefficient (Wildman–Crippen LogP) is 1.59. The van der Waals surface area contributed by atoms with E-state index in [1.54, 1.807) is 11.9 Å². The Balaban J connectivity index is 2.02. The summed E-state index contributed by atoms with van der Waals surface area (Å²) in [7, 11) is 1.71. The first-order valence-electron chi connectivity index (χ1n) is 7.36. The van der Waals surface area contributed by atoms with Crippen molar-refractivity contribution in [2.45, 2.75) is 63.1 Å². The second-order valence-corrected chi connectivity index (χ2v) is 5.92. The molecule has 0 aromatic heterocycles. The first kappa shape index (κ1) is 15.1. The zero-order chi connectivity index (χ0) is 14.8. The molecule has 2 amide bonds. The van der Waals surface area contributed by atoms with Crippen molar-refractivity contribution in [1.82, 2.24) is 10.2 Å². The summed E-state index contributed by atoms with van der Waals surface area (Å²) in [5.74, 6) is -0.922. The molecule has 0 bridgehead atoms. The SMILES string of the molecule is CC1OCCC1N(C)C(=O)NC1(C(=O)O)CCCCC1. The number of carboxylic acids is 1. The van der Waals surface area contributed by atoms with Crippen molar-refractivity contribution in [1.29, 1.82) is 0 Å². The fourth-order valence-corrected chi connectivity index (χ4v) is 3.22. The van der Waals surface area contributed by atoms with Crippen LogP contribution in [0, 0.1) is 0 Å². The third-order valence-electron chi connectivity index (χ3n) is 4.62. The molecule has 2 atom stereocenters. The van der Waals surface area contributed by atoms with Gasteiger partial charge >= 0.3 is 12.0 Å². The summed E-state index contributed by atoms with van der Waals surface area (Å²) in [5, 5.41) is 12.2. The van der Waals surface area contributed by atoms with E-state index < -0.39 is 11.5 Å². The van der Waals surface area contributed by atoms with Gasteiger partial charge in [-0.05, 0) is 26.2 Å². The Morgan fingerprint density at radius 3 is 2.45 bits per heavy atom. The molecule has 1 saturated carbocycles. The average molecular weight is 284 g/mol. The minimum atomic E-state index is -1.09. The standard InChI is InChI=1S/C14H24N2O4/c1-10-11(6-9-20-10)16(2)13(19)15-14(12(17)18)7-4-3-5-8-14/h10-11H,3-9H2,1-2H3,(H,15,19)(H,17,18). The zero-order valence-corrected chi connectivity index (χ0v) is 12.2. The Labute approximate surface area is 119 Å². The van der Waals surface area contributed by atoms with Crippen LogP contribution >= 0.6 is 0 Å². The molecule has 6 heteroatoms. The lowest BCUT2D eigenvalue weighted by Gasteiger charge is -2.37. The summed E-state index contributed by atoms with van der Waals surface area (Å²) >= 11 is 0. The number of hydrogen-bond donors (Lipinski definition) is 2. The molecule has 2 fully saturated rings. The lowest BCUT2D eigenvalue weighted by atomic mass is 9.82. The number of likely N-dealkylation sites (N-methyl/N-ethyl adjacent to an activating group) is 1. The molecule has 1 saturated heterocycles. The first-order valence-corrected chi connectivity index (χ1v) is 7.36. The molecule has 2 aliphatic rings. The van der Waals surface area contributed by atoms with E-state index in [9.17, 15) is 14.7 Å². The molecule has 2 rings (SSSR count). The number of hydrogen-bond acceptors (Lipinski definition) is 3. The van der Waals surface area contributed by atoms with Crippen LogP contribution in [0.4, 0.5) is 4.79 Å². The van der Waals surface area contributed by atoms with Crippen LogP contribution in [-0.2, 0) is 9.53 Å². The van der Waals surface area contributed by atoms with Crippen molar-refractivity contribution in [3.8, 4) is 0 Å². The van der Waals surface area contributed by atoms with Crippen LogP contribution in [-0.4, -0.2) is 53.3 Å². The highest BCUT2D eigenvalue weighted by Gasteiger charge is 2.42. The molecule has 20 heavy (non-hydrogen) atoms. The van der Waals surface area contributed by atoms with E-state index >= 15 is 0 Å². The van der Waals surface area contributed by atoms with Crippen LogP contribution in [0.15, 0.2) is 0 Å². The Kier molecular flexibility index (Phi) is 4.52. The maximum absolute atomic E-state index is 12.3. The van der Waals surface area contributed by atoms with Crippen LogP contribution in [0.1, 0.15) is 45.4 Å². The number of rotatable bonds is 3. The first-order chi connectivity index (χ1) is 9.46. The van der Waals surface area contributed by atoms with Gasteiger partial charge in [0, 0.05) is 13.7 Å². The molecule has 2 unspecified atom stereocenters. The van der Waals surface area contributed by atoms with Gasteiger partial charge in [-0.1, -0.05) is 19.3 Å². The van der Waals surface area contributed by atoms with Crippen LogP contribution in [0.2, 0.25) is 0 Å². The van der Waals surface area contributed by atoms with Gasteiger partial charge in [0.2, 0.25) is 0 Å². The number of carbonyl (C=O) groups excluding carboxylic acids is 1. The van der Waals surface area contributed by atoms with E-state index in [0.717, 1.165) is 25.7 Å². The topological polar surface area (TPSA) is 78.9 Å². The number of amides is 2. The van der Waals surface area contributed by atoms with Crippen molar-refractivity contribution >= 4 is 12.0 Å². The van der Waals surface area contributed by atoms with Gasteiger partial charge in [0.1, 0.15) is 5.54 Å². The van der Waals surface area contributed by atoms with Gasteiger partial charge in [-0.25, -0.2) is 9.59 Å². The quantitative estimate of drug-likeness (QED) is 0.825. The van der Waals surface area contributed by atoms with E-state index in [0.29, 0.717) is 19.4 Å². The van der Waals surface area contributed by atoms with Crippen molar-refractivity contribution in [3.05, 3.63) is 0 Å². The van der Waals surface area contributed by atoms with Gasteiger partial charge in [-0.15, -0.1) is 0 Å². The number of aliphatic carboxylic acids is 1. The predicted molar refractivity (Wildman–Crippen MR) is 73.6 cm³/mol. The summed E-state index contributed by atoms with van der Waals surface area (Å²) in [5.41, 5.74) is -1.09. The number of urea groups is 1. The van der Waals surface area contributed by atoms with Gasteiger partial charge in [-0.3, -0.25) is 0 Å². The lowest BCUT2D eigenvalue weighted by molar-refractivity contribution is -0.146. The molecule has 0 radical (unpaired) electrons. The molecule has 1 aliphatic heterocycles. The van der Waals surface area contributed by atoms with Gasteiger partial charge in [-0.2, -0.15) is 0 Å². The largest absolute Gasteiger partial charge is 0.480 e. The second kappa shape index (κ2) is 5.99. The number of nitrogens with zero attached hydrogens (tertiary/aromatic N) is 1. The van der Waals surface area contributed by atoms with Crippen LogP contribution in [0.3, 0.4) is 0 Å². The smallest absolute Gasteiger partial charge is 0.329 e. The molecule has 114 valence electrons. The summed E-state index contributed by atoms with van der Waals surface area (Å²) in [6.07, 6.45) is 4.55. The molecule has 0 aromatic rings. The highest BCUT2D eigenvalue weighted by atomic mass is 16.5. The summed E-state index contributed by atoms with van der Waals surface area (Å²) in [6.45, 7) is 2.59. The summed E-state index contributed by atoms with van der Waals surface area (Å²) in [6, 6.07) is -0.291. The monoisotopic (exact) mass is 284 g/mol. The zero-order valence-electron chi connectivity index (χ0n) is 12.2. The van der Waals surface area contributed by atoms with Crippen LogP contribution in [0.5, 0.6) is 0 Å². The molecular weight excluding hydrogens is 260 g/mol. The van der Waals surface area contributed by atoms with Gasteiger partial charge < -0.3 is 20.1 Å². The Bertz CT molecular complexity index is 379. The number of nitrogens with one attached hydrogen (secondary N) is 1. The minimum Gasteiger partial charge on any atom is -0.480 e. The Hall–Kier alpha value is -1.30. The Morgan fingerprint density at radius 2 is 1.95 bits per heavy atom. The van der Waals surface area contributed by atoms with Gasteiger partial charge in [0.15, 0.2) is 0 Å². The maximum Gasteiger partial charge on any atom is 0.329 e. The Morgan fingerprint density at radius 1 is 1.30 bits per heavy atom. The van der Waals surface area contributed by atoms with Crippen LogP contribution in [0.25, 0.3) is 0 Å². The van der Waals surface area contributed by atoms with Crippen molar-refractivity contribution in [3.63, 3.8) is 0 Å². The number of carbonyl (C=O) groups is 2. The lowest BCUT2D eigenvalue weighted by Crippen LogP contribution is -2.59. The highest BCUT2D eigenvalue weighted by molar-refractivity contribution is 5.86. The minimum absolute atomic E-state index is 0.00196. The summed E-state index contributed by atoms with van der Waals surface area (Å²) < 4.78 is 5.46. The fourth-order valence-electron chi connectivity index (χ4n) is 3.22. The van der Waals surface area contributed by atoms with E-state index in [2.05, 4.69) is 5.32 Å². The van der Waals surface area contributed by atoms with Crippen molar-refractivity contribution in [2.24, 2.45) is 0 Å². The molecular formula is C14H24N2O4. The van der Waals surface area contributed by atoms with Crippen LogP contribution < -0.4 is 5.32 Å². The van der Waals surface area contributed by atoms with Crippen molar-refractivity contribution < 1.29 is 19.4 Å². The average Bonchev–Trinajstić information content (AvgIpc) is 2.85. The molecule has 6 nitrogen and oxygen atoms in total. The van der Waals surface area contributed by atoms with E-state index in [1.807, 2.05) is 6.92 Å². The third kappa shape index (κ3) is 2.90. The highest BCUT2D eigenvalue weighted by Crippen LogP contribution is 2.29.